The molecule has 0 aliphatic heterocycles. The zero-order valence-electron chi connectivity index (χ0n) is 20.7. The first-order chi connectivity index (χ1) is 17.9. The van der Waals surface area contributed by atoms with E-state index in [-0.39, 0.29) is 17.1 Å². The Morgan fingerprint density at radius 2 is 1.92 bits per heavy atom. The molecule has 0 aliphatic carbocycles. The first-order valence-electron chi connectivity index (χ1n) is 11.9. The Kier molecular flexibility index (Phi) is 7.84. The second-order valence-corrected chi connectivity index (χ2v) is 11.7. The molecule has 38 heavy (non-hydrogen) atoms. The van der Waals surface area contributed by atoms with E-state index in [1.165, 1.54) is 24.5 Å². The van der Waals surface area contributed by atoms with E-state index < -0.39 is 33.7 Å². The van der Waals surface area contributed by atoms with Gasteiger partial charge in [-0.05, 0) is 60.6 Å². The predicted molar refractivity (Wildman–Crippen MR) is 140 cm³/mol. The molecule has 2 heterocycles. The number of fused-ring (bicyclic) bond motifs is 1. The fourth-order valence-electron chi connectivity index (χ4n) is 4.29. The molecule has 4 rings (SSSR count). The molecule has 0 aliphatic rings. The van der Waals surface area contributed by atoms with E-state index in [9.17, 15) is 26.4 Å². The van der Waals surface area contributed by atoms with Crippen LogP contribution in [0.5, 0.6) is 5.75 Å². The number of nitrogens with zero attached hydrogens (tertiary/aromatic N) is 2. The number of primary amides is 1. The Hall–Kier alpha value is -3.38. The molecule has 202 valence electrons. The molecule has 2 aromatic carbocycles. The van der Waals surface area contributed by atoms with Gasteiger partial charge in [-0.3, -0.25) is 9.36 Å². The first-order valence-corrected chi connectivity index (χ1v) is 14.3. The van der Waals surface area contributed by atoms with Crippen molar-refractivity contribution in [2.45, 2.75) is 45.2 Å². The van der Waals surface area contributed by atoms with Crippen LogP contribution in [0.3, 0.4) is 0 Å². The second kappa shape index (κ2) is 10.8. The molecule has 1 amide bonds. The summed E-state index contributed by atoms with van der Waals surface area (Å²) in [4.78, 5) is 16.9. The van der Waals surface area contributed by atoms with Crippen LogP contribution in [-0.2, 0) is 22.7 Å². The van der Waals surface area contributed by atoms with E-state index >= 15 is 0 Å². The lowest BCUT2D eigenvalue weighted by molar-refractivity contribution is -0.138. The zero-order valence-corrected chi connectivity index (χ0v) is 22.3. The fraction of sp³-hybridized carbons (Fsp3) is 0.308. The van der Waals surface area contributed by atoms with Crippen molar-refractivity contribution in [3.8, 4) is 10.8 Å². The lowest BCUT2D eigenvalue weighted by Crippen LogP contribution is -2.13. The highest BCUT2D eigenvalue weighted by molar-refractivity contribution is 7.87. The van der Waals surface area contributed by atoms with Gasteiger partial charge in [0.05, 0.1) is 27.2 Å². The zero-order chi connectivity index (χ0) is 27.7. The number of carbonyl (C=O) groups is 1. The third-order valence-corrected chi connectivity index (χ3v) is 8.64. The van der Waals surface area contributed by atoms with Crippen LogP contribution in [0.15, 0.2) is 54.9 Å². The van der Waals surface area contributed by atoms with E-state index in [1.807, 2.05) is 0 Å². The average molecular weight is 566 g/mol. The van der Waals surface area contributed by atoms with E-state index in [4.69, 9.17) is 9.92 Å². The molecule has 0 saturated carbocycles. The van der Waals surface area contributed by atoms with Gasteiger partial charge in [-0.1, -0.05) is 32.0 Å². The lowest BCUT2D eigenvalue weighted by atomic mass is 9.90. The van der Waals surface area contributed by atoms with Crippen molar-refractivity contribution in [1.29, 1.82) is 0 Å². The summed E-state index contributed by atoms with van der Waals surface area (Å²) in [5.74, 6) is -1.04. The van der Waals surface area contributed by atoms with Gasteiger partial charge in [0.1, 0.15) is 17.1 Å². The smallest absolute Gasteiger partial charge is 0.382 e. The number of imidazole rings is 1. The Balaban J connectivity index is 1.63. The van der Waals surface area contributed by atoms with Gasteiger partial charge < -0.3 is 9.92 Å². The molecular weight excluding hydrogens is 539 g/mol. The van der Waals surface area contributed by atoms with Gasteiger partial charge in [0.2, 0.25) is 0 Å². The molecule has 4 aromatic rings. The molecule has 0 unspecified atom stereocenters. The Morgan fingerprint density at radius 1 is 1.18 bits per heavy atom. The van der Waals surface area contributed by atoms with Crippen molar-refractivity contribution in [1.82, 2.24) is 9.55 Å². The van der Waals surface area contributed by atoms with Crippen LogP contribution < -0.4 is 9.92 Å². The highest BCUT2D eigenvalue weighted by atomic mass is 32.2. The minimum Gasteiger partial charge on any atom is -0.382 e. The topological polar surface area (TPSA) is 104 Å². The maximum atomic E-state index is 13.5. The minimum absolute atomic E-state index is 0.119. The molecule has 0 spiro atoms. The van der Waals surface area contributed by atoms with Crippen LogP contribution in [0.4, 0.5) is 13.2 Å². The molecule has 0 bridgehead atoms. The summed E-state index contributed by atoms with van der Waals surface area (Å²) in [6.45, 7) is 3.46. The normalized spacial score (nSPS) is 13.1. The number of amides is 1. The third-order valence-electron chi connectivity index (χ3n) is 6.10. The standard InChI is InChI=1S/C26H26F3N3O4S2/c1-3-12-38(34,35)36-18-10-11-21-22(14-18)32(15-31-21)23-13-17(24(37-23)25(30)33)9-8-16(2)19-6-4-5-7-20(19)26(27,28)29/h4-7,10-11,13-16H,3,8-9,12H2,1-2H3,(H2,30,33)/t16-/m0/s1. The summed E-state index contributed by atoms with van der Waals surface area (Å²) >= 11 is 1.13. The molecular formula is C26H26F3N3O4S2. The van der Waals surface area contributed by atoms with Crippen LogP contribution in [-0.4, -0.2) is 29.6 Å². The van der Waals surface area contributed by atoms with Gasteiger partial charge in [-0.25, -0.2) is 4.98 Å². The molecule has 0 fully saturated rings. The Labute approximate surface area is 222 Å². The summed E-state index contributed by atoms with van der Waals surface area (Å²) in [6, 6.07) is 11.9. The first kappa shape index (κ1) is 27.6. The quantitative estimate of drug-likeness (QED) is 0.236. The summed E-state index contributed by atoms with van der Waals surface area (Å²) < 4.78 is 71.5. The molecule has 0 saturated heterocycles. The number of rotatable bonds is 10. The minimum atomic E-state index is -4.46. The largest absolute Gasteiger partial charge is 0.416 e. The van der Waals surface area contributed by atoms with Crippen molar-refractivity contribution in [3.05, 3.63) is 76.4 Å². The number of benzene rings is 2. The summed E-state index contributed by atoms with van der Waals surface area (Å²) in [5.41, 5.74) is 6.91. The third kappa shape index (κ3) is 6.02. The fourth-order valence-corrected chi connectivity index (χ4v) is 6.32. The maximum absolute atomic E-state index is 13.5. The average Bonchev–Trinajstić information content (AvgIpc) is 3.45. The number of hydrogen-bond acceptors (Lipinski definition) is 6. The Morgan fingerprint density at radius 3 is 2.61 bits per heavy atom. The van der Waals surface area contributed by atoms with Gasteiger partial charge in [-0.15, -0.1) is 11.3 Å². The van der Waals surface area contributed by atoms with Crippen molar-refractivity contribution >= 4 is 38.4 Å². The van der Waals surface area contributed by atoms with Crippen LogP contribution in [0.25, 0.3) is 16.0 Å². The lowest BCUT2D eigenvalue weighted by Gasteiger charge is -2.18. The van der Waals surface area contributed by atoms with Gasteiger partial charge in [0.25, 0.3) is 5.91 Å². The second-order valence-electron chi connectivity index (χ2n) is 8.94. The van der Waals surface area contributed by atoms with E-state index in [0.29, 0.717) is 45.7 Å². The highest BCUT2D eigenvalue weighted by Gasteiger charge is 2.34. The van der Waals surface area contributed by atoms with Crippen molar-refractivity contribution < 1.29 is 30.6 Å². The molecule has 0 radical (unpaired) electrons. The predicted octanol–water partition coefficient (Wildman–Crippen LogP) is 6.06. The van der Waals surface area contributed by atoms with Crippen molar-refractivity contribution in [3.63, 3.8) is 0 Å². The van der Waals surface area contributed by atoms with Crippen molar-refractivity contribution in [2.75, 3.05) is 5.75 Å². The number of hydrogen-bond donors (Lipinski definition) is 1. The molecule has 7 nitrogen and oxygen atoms in total. The Bertz CT molecular complexity index is 1580. The molecule has 2 aromatic heterocycles. The molecule has 2 N–H and O–H groups in total. The summed E-state index contributed by atoms with van der Waals surface area (Å²) in [5, 5.41) is 0.605. The SMILES string of the molecule is CCCS(=O)(=O)Oc1ccc2ncn(-c3cc(CC[C@H](C)c4ccccc4C(F)(F)F)c(C(N)=O)s3)c2c1. The van der Waals surface area contributed by atoms with Gasteiger partial charge in [0, 0.05) is 6.07 Å². The van der Waals surface area contributed by atoms with Crippen LogP contribution in [0.1, 0.15) is 59.0 Å². The molecule has 12 heteroatoms. The van der Waals surface area contributed by atoms with Crippen LogP contribution in [0, 0.1) is 0 Å². The van der Waals surface area contributed by atoms with Crippen molar-refractivity contribution in [2.24, 2.45) is 5.73 Å². The number of alkyl halides is 3. The number of thiophene rings is 1. The number of halogens is 3. The van der Waals surface area contributed by atoms with Gasteiger partial charge in [-0.2, -0.15) is 21.6 Å². The number of aryl methyl sites for hydroxylation is 1. The number of nitrogens with two attached hydrogens (primary N) is 1. The summed E-state index contributed by atoms with van der Waals surface area (Å²) in [7, 11) is -3.74. The van der Waals surface area contributed by atoms with Gasteiger partial charge in [0.15, 0.2) is 0 Å². The number of carbonyl (C=O) groups excluding carboxylic acids is 1. The molecule has 1 atom stereocenters. The monoisotopic (exact) mass is 565 g/mol. The summed E-state index contributed by atoms with van der Waals surface area (Å²) in [6.07, 6.45) is -1.81. The van der Waals surface area contributed by atoms with E-state index in [0.717, 1.165) is 17.4 Å². The highest BCUT2D eigenvalue weighted by Crippen LogP contribution is 2.37. The van der Waals surface area contributed by atoms with Crippen LogP contribution >= 0.6 is 11.3 Å². The maximum Gasteiger partial charge on any atom is 0.416 e. The van der Waals surface area contributed by atoms with E-state index in [2.05, 4.69) is 4.98 Å². The van der Waals surface area contributed by atoms with Crippen LogP contribution in [0.2, 0.25) is 0 Å². The van der Waals surface area contributed by atoms with Gasteiger partial charge >= 0.3 is 16.3 Å². The van der Waals surface area contributed by atoms with E-state index in [1.54, 1.807) is 42.7 Å². The number of aromatic nitrogens is 2.